The van der Waals surface area contributed by atoms with Gasteiger partial charge in [-0.1, -0.05) is 29.3 Å². The fourth-order valence-electron chi connectivity index (χ4n) is 2.52. The predicted molar refractivity (Wildman–Crippen MR) is 120 cm³/mol. The Bertz CT molecular complexity index is 810. The van der Waals surface area contributed by atoms with Gasteiger partial charge in [-0.25, -0.2) is 0 Å². The second-order valence-corrected chi connectivity index (χ2v) is 8.10. The predicted octanol–water partition coefficient (Wildman–Crippen LogP) is 4.53. The lowest BCUT2D eigenvalue weighted by Crippen LogP contribution is -2.49. The first-order valence-electron chi connectivity index (χ1n) is 8.72. The molecule has 5 nitrogen and oxygen atoms in total. The van der Waals surface area contributed by atoms with Crippen molar-refractivity contribution >= 4 is 57.6 Å². The Morgan fingerprint density at radius 3 is 2.32 bits per heavy atom. The number of carbonyl (C=O) groups is 2. The molecule has 8 heteroatoms. The minimum absolute atomic E-state index is 0.103. The van der Waals surface area contributed by atoms with Gasteiger partial charge in [0.25, 0.3) is 5.91 Å². The van der Waals surface area contributed by atoms with Crippen LogP contribution >= 0.6 is 45.8 Å². The molecule has 2 rings (SSSR count). The fourth-order valence-corrected chi connectivity index (χ4v) is 3.39. The van der Waals surface area contributed by atoms with Gasteiger partial charge in [-0.3, -0.25) is 9.59 Å². The van der Waals surface area contributed by atoms with E-state index in [1.165, 1.54) is 4.90 Å². The number of nitrogens with zero attached hydrogens (tertiary/aromatic N) is 1. The van der Waals surface area contributed by atoms with Crippen LogP contribution in [0.15, 0.2) is 42.5 Å². The zero-order valence-corrected chi connectivity index (χ0v) is 19.2. The minimum Gasteiger partial charge on any atom is -0.484 e. The van der Waals surface area contributed by atoms with Crippen molar-refractivity contribution in [3.63, 3.8) is 0 Å². The molecule has 0 aromatic heterocycles. The van der Waals surface area contributed by atoms with Crippen molar-refractivity contribution in [1.82, 2.24) is 10.2 Å². The standard InChI is InChI=1S/C20H21Cl2IN2O3/c1-3-24-20(27)13(2)25(11-16-17(21)5-4-6-18(16)22)19(26)12-28-15-9-7-14(23)8-10-15/h4-10,13H,3,11-12H2,1-2H3,(H,24,27). The van der Waals surface area contributed by atoms with Crippen LogP contribution in [0.3, 0.4) is 0 Å². The summed E-state index contributed by atoms with van der Waals surface area (Å²) in [4.78, 5) is 26.7. The molecule has 2 amide bonds. The summed E-state index contributed by atoms with van der Waals surface area (Å²) in [6.07, 6.45) is 0. The number of likely N-dealkylation sites (N-methyl/N-ethyl adjacent to an activating group) is 1. The van der Waals surface area contributed by atoms with Gasteiger partial charge < -0.3 is 15.0 Å². The Morgan fingerprint density at radius 2 is 1.75 bits per heavy atom. The zero-order chi connectivity index (χ0) is 20.7. The van der Waals surface area contributed by atoms with Gasteiger partial charge in [0.15, 0.2) is 6.61 Å². The maximum absolute atomic E-state index is 12.9. The number of halogens is 3. The Labute approximate surface area is 188 Å². The van der Waals surface area contributed by atoms with Crippen LogP contribution in [0.25, 0.3) is 0 Å². The number of hydrogen-bond donors (Lipinski definition) is 1. The molecule has 0 fully saturated rings. The Kier molecular flexibility index (Phi) is 8.85. The maximum Gasteiger partial charge on any atom is 0.261 e. The zero-order valence-electron chi connectivity index (χ0n) is 15.5. The third kappa shape index (κ3) is 6.25. The first-order valence-corrected chi connectivity index (χ1v) is 10.5. The molecule has 28 heavy (non-hydrogen) atoms. The van der Waals surface area contributed by atoms with Crippen molar-refractivity contribution in [3.05, 3.63) is 61.6 Å². The highest BCUT2D eigenvalue weighted by molar-refractivity contribution is 14.1. The largest absolute Gasteiger partial charge is 0.484 e. The van der Waals surface area contributed by atoms with Crippen LogP contribution < -0.4 is 10.1 Å². The second-order valence-electron chi connectivity index (χ2n) is 6.04. The number of ether oxygens (including phenoxy) is 1. The van der Waals surface area contributed by atoms with Crippen molar-refractivity contribution in [2.24, 2.45) is 0 Å². The first-order chi connectivity index (χ1) is 13.3. The summed E-state index contributed by atoms with van der Waals surface area (Å²) in [6.45, 7) is 3.86. The number of carbonyl (C=O) groups excluding carboxylic acids is 2. The van der Waals surface area contributed by atoms with E-state index in [2.05, 4.69) is 27.9 Å². The Morgan fingerprint density at radius 1 is 1.14 bits per heavy atom. The third-order valence-electron chi connectivity index (χ3n) is 4.08. The highest BCUT2D eigenvalue weighted by Crippen LogP contribution is 2.26. The highest BCUT2D eigenvalue weighted by atomic mass is 127. The van der Waals surface area contributed by atoms with Gasteiger partial charge in [0.2, 0.25) is 5.91 Å². The monoisotopic (exact) mass is 534 g/mol. The number of nitrogens with one attached hydrogen (secondary N) is 1. The molecule has 1 unspecified atom stereocenters. The van der Waals surface area contributed by atoms with E-state index in [1.54, 1.807) is 37.3 Å². The lowest BCUT2D eigenvalue weighted by atomic mass is 10.1. The summed E-state index contributed by atoms with van der Waals surface area (Å²) in [5.74, 6) is -0.0169. The smallest absolute Gasteiger partial charge is 0.261 e. The molecule has 0 aliphatic rings. The van der Waals surface area contributed by atoms with E-state index in [-0.39, 0.29) is 25.0 Å². The molecule has 0 saturated carbocycles. The van der Waals surface area contributed by atoms with Gasteiger partial charge in [-0.2, -0.15) is 0 Å². The van der Waals surface area contributed by atoms with E-state index in [1.807, 2.05) is 19.1 Å². The van der Waals surface area contributed by atoms with Gasteiger partial charge >= 0.3 is 0 Å². The van der Waals surface area contributed by atoms with Gasteiger partial charge in [-0.05, 0) is 72.8 Å². The number of rotatable bonds is 8. The van der Waals surface area contributed by atoms with Crippen LogP contribution in [0.1, 0.15) is 19.4 Å². The number of benzene rings is 2. The Balaban J connectivity index is 2.20. The van der Waals surface area contributed by atoms with Crippen molar-refractivity contribution < 1.29 is 14.3 Å². The Hall–Kier alpha value is -1.51. The SMILES string of the molecule is CCNC(=O)C(C)N(Cc1c(Cl)cccc1Cl)C(=O)COc1ccc(I)cc1. The molecule has 0 aliphatic heterocycles. The summed E-state index contributed by atoms with van der Waals surface area (Å²) in [5, 5.41) is 3.61. The average molecular weight is 535 g/mol. The molecule has 2 aromatic rings. The van der Waals surface area contributed by atoms with Crippen LogP contribution in [-0.4, -0.2) is 35.9 Å². The lowest BCUT2D eigenvalue weighted by molar-refractivity contribution is -0.142. The summed E-state index contributed by atoms with van der Waals surface area (Å²) < 4.78 is 6.67. The molecule has 1 atom stereocenters. The molecule has 2 aromatic carbocycles. The van der Waals surface area contributed by atoms with Crippen molar-refractivity contribution in [1.29, 1.82) is 0 Å². The van der Waals surface area contributed by atoms with Crippen LogP contribution in [0.2, 0.25) is 10.0 Å². The van der Waals surface area contributed by atoms with Gasteiger partial charge in [0.1, 0.15) is 11.8 Å². The van der Waals surface area contributed by atoms with Crippen LogP contribution in [-0.2, 0) is 16.1 Å². The molecule has 150 valence electrons. The summed E-state index contributed by atoms with van der Waals surface area (Å²) in [6, 6.07) is 11.8. The molecule has 0 radical (unpaired) electrons. The minimum atomic E-state index is -0.708. The highest BCUT2D eigenvalue weighted by Gasteiger charge is 2.27. The maximum atomic E-state index is 12.9. The lowest BCUT2D eigenvalue weighted by Gasteiger charge is -2.29. The van der Waals surface area contributed by atoms with Gasteiger partial charge in [-0.15, -0.1) is 0 Å². The van der Waals surface area contributed by atoms with E-state index in [0.29, 0.717) is 27.9 Å². The van der Waals surface area contributed by atoms with Gasteiger partial charge in [0.05, 0.1) is 0 Å². The van der Waals surface area contributed by atoms with E-state index in [0.717, 1.165) is 3.57 Å². The van der Waals surface area contributed by atoms with Crippen LogP contribution in [0.5, 0.6) is 5.75 Å². The topological polar surface area (TPSA) is 58.6 Å². The van der Waals surface area contributed by atoms with Gasteiger partial charge in [0, 0.05) is 32.3 Å². The number of hydrogen-bond acceptors (Lipinski definition) is 3. The van der Waals surface area contributed by atoms with Crippen LogP contribution in [0.4, 0.5) is 0 Å². The van der Waals surface area contributed by atoms with Crippen LogP contribution in [0, 0.1) is 3.57 Å². The van der Waals surface area contributed by atoms with Crippen molar-refractivity contribution in [3.8, 4) is 5.75 Å². The quantitative estimate of drug-likeness (QED) is 0.506. The van der Waals surface area contributed by atoms with E-state index < -0.39 is 6.04 Å². The van der Waals surface area contributed by atoms with E-state index in [9.17, 15) is 9.59 Å². The molecule has 1 N–H and O–H groups in total. The average Bonchev–Trinajstić information content (AvgIpc) is 2.67. The third-order valence-corrected chi connectivity index (χ3v) is 5.51. The summed E-state index contributed by atoms with van der Waals surface area (Å²) >= 11 is 14.7. The molecular weight excluding hydrogens is 514 g/mol. The summed E-state index contributed by atoms with van der Waals surface area (Å²) in [5.41, 5.74) is 0.588. The molecule has 0 spiro atoms. The fraction of sp³-hybridized carbons (Fsp3) is 0.300. The van der Waals surface area contributed by atoms with E-state index in [4.69, 9.17) is 27.9 Å². The van der Waals surface area contributed by atoms with E-state index >= 15 is 0 Å². The summed E-state index contributed by atoms with van der Waals surface area (Å²) in [7, 11) is 0. The molecule has 0 bridgehead atoms. The van der Waals surface area contributed by atoms with Crippen molar-refractivity contribution in [2.45, 2.75) is 26.4 Å². The molecule has 0 heterocycles. The first kappa shape index (κ1) is 22.8. The molecule has 0 aliphatic carbocycles. The second kappa shape index (κ2) is 10.9. The molecule has 0 saturated heterocycles. The number of amides is 2. The molecular formula is C20H21Cl2IN2O3. The normalized spacial score (nSPS) is 11.6. The van der Waals surface area contributed by atoms with Crippen molar-refractivity contribution in [2.75, 3.05) is 13.2 Å².